The molecule has 224 valence electrons. The first-order valence-corrected chi connectivity index (χ1v) is 14.7. The molecule has 3 aromatic carbocycles. The summed E-state index contributed by atoms with van der Waals surface area (Å²) in [4.78, 5) is 41.2. The molecule has 0 aliphatic rings. The maximum absolute atomic E-state index is 13.5. The number of carbonyl (C=O) groups is 3. The van der Waals surface area contributed by atoms with Gasteiger partial charge in [-0.05, 0) is 67.1 Å². The SMILES string of the molecule is CCCN(CCC)C(=O)c1cccc(C(=O)N[C@@H](Cc2ccccc2)[C@H](N)C[C@@H](C)C(=O)NCc2ccc(F)cc2)c1. The summed E-state index contributed by atoms with van der Waals surface area (Å²) >= 11 is 0. The van der Waals surface area contributed by atoms with E-state index in [4.69, 9.17) is 5.73 Å². The molecule has 0 spiro atoms. The van der Waals surface area contributed by atoms with E-state index in [0.29, 0.717) is 37.1 Å². The van der Waals surface area contributed by atoms with Gasteiger partial charge >= 0.3 is 0 Å². The normalized spacial score (nSPS) is 13.1. The van der Waals surface area contributed by atoms with Crippen LogP contribution in [0, 0.1) is 11.7 Å². The highest BCUT2D eigenvalue weighted by Gasteiger charge is 2.26. The highest BCUT2D eigenvalue weighted by molar-refractivity contribution is 5.99. The van der Waals surface area contributed by atoms with Crippen molar-refractivity contribution in [2.45, 2.75) is 65.1 Å². The second kappa shape index (κ2) is 16.4. The molecule has 0 radical (unpaired) electrons. The molecule has 0 unspecified atom stereocenters. The summed E-state index contributed by atoms with van der Waals surface area (Å²) < 4.78 is 13.2. The number of nitrogens with two attached hydrogens (primary N) is 1. The van der Waals surface area contributed by atoms with E-state index >= 15 is 0 Å². The molecular weight excluding hydrogens is 531 g/mol. The van der Waals surface area contributed by atoms with Crippen molar-refractivity contribution in [2.75, 3.05) is 13.1 Å². The topological polar surface area (TPSA) is 105 Å². The van der Waals surface area contributed by atoms with Crippen LogP contribution in [0.1, 0.15) is 71.9 Å². The van der Waals surface area contributed by atoms with Gasteiger partial charge in [-0.2, -0.15) is 0 Å². The van der Waals surface area contributed by atoms with Gasteiger partial charge in [0.25, 0.3) is 11.8 Å². The fraction of sp³-hybridized carbons (Fsp3) is 0.382. The Morgan fingerprint density at radius 2 is 1.50 bits per heavy atom. The van der Waals surface area contributed by atoms with Gasteiger partial charge in [-0.15, -0.1) is 0 Å². The monoisotopic (exact) mass is 574 g/mol. The van der Waals surface area contributed by atoms with E-state index < -0.39 is 18.0 Å². The summed E-state index contributed by atoms with van der Waals surface area (Å²) in [5.41, 5.74) is 9.29. The first kappa shape index (κ1) is 32.5. The van der Waals surface area contributed by atoms with Crippen molar-refractivity contribution in [3.63, 3.8) is 0 Å². The molecular formula is C34H43FN4O3. The van der Waals surface area contributed by atoms with E-state index in [-0.39, 0.29) is 30.1 Å². The summed E-state index contributed by atoms with van der Waals surface area (Å²) in [7, 11) is 0. The number of benzene rings is 3. The molecule has 0 aliphatic heterocycles. The van der Waals surface area contributed by atoms with Crippen LogP contribution in [-0.2, 0) is 17.8 Å². The Morgan fingerprint density at radius 3 is 2.14 bits per heavy atom. The van der Waals surface area contributed by atoms with E-state index in [1.165, 1.54) is 12.1 Å². The van der Waals surface area contributed by atoms with Crippen LogP contribution in [0.2, 0.25) is 0 Å². The summed E-state index contributed by atoms with van der Waals surface area (Å²) in [5.74, 6) is -1.34. The average Bonchev–Trinajstić information content (AvgIpc) is 3.00. The van der Waals surface area contributed by atoms with Crippen LogP contribution in [0.25, 0.3) is 0 Å². The second-order valence-electron chi connectivity index (χ2n) is 10.8. The molecule has 0 heterocycles. The van der Waals surface area contributed by atoms with E-state index in [9.17, 15) is 18.8 Å². The molecule has 0 saturated heterocycles. The average molecular weight is 575 g/mol. The van der Waals surface area contributed by atoms with Gasteiger partial charge in [0, 0.05) is 48.8 Å². The van der Waals surface area contributed by atoms with Crippen LogP contribution in [0.4, 0.5) is 4.39 Å². The third kappa shape index (κ3) is 9.80. The second-order valence-corrected chi connectivity index (χ2v) is 10.8. The molecule has 4 N–H and O–H groups in total. The van der Waals surface area contributed by atoms with Crippen molar-refractivity contribution in [1.29, 1.82) is 0 Å². The molecule has 7 nitrogen and oxygen atoms in total. The van der Waals surface area contributed by atoms with Gasteiger partial charge in [0.05, 0.1) is 0 Å². The quantitative estimate of drug-likeness (QED) is 0.235. The minimum Gasteiger partial charge on any atom is -0.352 e. The van der Waals surface area contributed by atoms with Gasteiger partial charge in [0.2, 0.25) is 5.91 Å². The van der Waals surface area contributed by atoms with Gasteiger partial charge in [0.15, 0.2) is 0 Å². The Morgan fingerprint density at radius 1 is 0.857 bits per heavy atom. The number of nitrogens with zero attached hydrogens (tertiary/aromatic N) is 1. The van der Waals surface area contributed by atoms with Crippen LogP contribution in [0.3, 0.4) is 0 Å². The number of nitrogens with one attached hydrogen (secondary N) is 2. The lowest BCUT2D eigenvalue weighted by Gasteiger charge is -2.27. The zero-order valence-electron chi connectivity index (χ0n) is 24.8. The van der Waals surface area contributed by atoms with E-state index in [0.717, 1.165) is 24.0 Å². The molecule has 8 heteroatoms. The molecule has 0 aliphatic carbocycles. The zero-order valence-corrected chi connectivity index (χ0v) is 24.8. The van der Waals surface area contributed by atoms with Crippen molar-refractivity contribution in [3.8, 4) is 0 Å². The van der Waals surface area contributed by atoms with Crippen LogP contribution >= 0.6 is 0 Å². The lowest BCUT2D eigenvalue weighted by Crippen LogP contribution is -2.50. The molecule has 3 atom stereocenters. The van der Waals surface area contributed by atoms with Gasteiger partial charge in [0.1, 0.15) is 5.82 Å². The molecule has 0 saturated carbocycles. The first-order chi connectivity index (χ1) is 20.2. The molecule has 0 bridgehead atoms. The van der Waals surface area contributed by atoms with Gasteiger partial charge < -0.3 is 21.3 Å². The minimum absolute atomic E-state index is 0.0913. The van der Waals surface area contributed by atoms with Gasteiger partial charge in [-0.1, -0.05) is 69.3 Å². The highest BCUT2D eigenvalue weighted by Crippen LogP contribution is 2.15. The number of halogens is 1. The molecule has 3 aromatic rings. The molecule has 3 rings (SSSR count). The third-order valence-corrected chi connectivity index (χ3v) is 7.23. The summed E-state index contributed by atoms with van der Waals surface area (Å²) in [6.45, 7) is 7.47. The number of rotatable bonds is 15. The Hall–Kier alpha value is -4.04. The van der Waals surface area contributed by atoms with E-state index in [1.807, 2.05) is 49.1 Å². The lowest BCUT2D eigenvalue weighted by molar-refractivity contribution is -0.125. The van der Waals surface area contributed by atoms with Crippen molar-refractivity contribution in [3.05, 3.63) is 107 Å². The highest BCUT2D eigenvalue weighted by atomic mass is 19.1. The number of amides is 3. The predicted molar refractivity (Wildman–Crippen MR) is 164 cm³/mol. The largest absolute Gasteiger partial charge is 0.352 e. The van der Waals surface area contributed by atoms with Crippen LogP contribution in [0.5, 0.6) is 0 Å². The summed E-state index contributed by atoms with van der Waals surface area (Å²) in [6.07, 6.45) is 2.53. The molecule has 0 aromatic heterocycles. The Kier molecular flexibility index (Phi) is 12.7. The number of hydrogen-bond acceptors (Lipinski definition) is 4. The van der Waals surface area contributed by atoms with Gasteiger partial charge in [-0.3, -0.25) is 14.4 Å². The zero-order chi connectivity index (χ0) is 30.5. The standard InChI is InChI=1S/C34H43FN4O3/c1-4-18-39(19-5-2)34(42)28-13-9-12-27(22-28)33(41)38-31(21-25-10-7-6-8-11-25)30(36)20-24(3)32(40)37-23-26-14-16-29(35)17-15-26/h6-17,22,24,30-31H,4-5,18-21,23,36H2,1-3H3,(H,37,40)(H,38,41)/t24-,30-,31+/m1/s1. The van der Waals surface area contributed by atoms with Gasteiger partial charge in [-0.25, -0.2) is 4.39 Å². The van der Waals surface area contributed by atoms with Crippen molar-refractivity contribution < 1.29 is 18.8 Å². The maximum atomic E-state index is 13.5. The Labute approximate surface area is 248 Å². The lowest BCUT2D eigenvalue weighted by atomic mass is 9.92. The van der Waals surface area contributed by atoms with Crippen molar-refractivity contribution >= 4 is 17.7 Å². The van der Waals surface area contributed by atoms with E-state index in [1.54, 1.807) is 43.3 Å². The third-order valence-electron chi connectivity index (χ3n) is 7.23. The van der Waals surface area contributed by atoms with Crippen LogP contribution < -0.4 is 16.4 Å². The minimum atomic E-state index is -0.518. The smallest absolute Gasteiger partial charge is 0.253 e. The Bertz CT molecular complexity index is 1290. The summed E-state index contributed by atoms with van der Waals surface area (Å²) in [5, 5.41) is 5.96. The molecule has 3 amide bonds. The summed E-state index contributed by atoms with van der Waals surface area (Å²) in [6, 6.07) is 21.5. The first-order valence-electron chi connectivity index (χ1n) is 14.7. The fourth-order valence-corrected chi connectivity index (χ4v) is 4.91. The fourth-order valence-electron chi connectivity index (χ4n) is 4.91. The number of hydrogen-bond donors (Lipinski definition) is 3. The maximum Gasteiger partial charge on any atom is 0.253 e. The van der Waals surface area contributed by atoms with Crippen molar-refractivity contribution in [1.82, 2.24) is 15.5 Å². The molecule has 0 fully saturated rings. The van der Waals surface area contributed by atoms with Crippen LogP contribution in [0.15, 0.2) is 78.9 Å². The number of carbonyl (C=O) groups excluding carboxylic acids is 3. The van der Waals surface area contributed by atoms with Crippen LogP contribution in [-0.4, -0.2) is 47.8 Å². The van der Waals surface area contributed by atoms with E-state index in [2.05, 4.69) is 10.6 Å². The van der Waals surface area contributed by atoms with Crippen molar-refractivity contribution in [2.24, 2.45) is 11.7 Å². The Balaban J connectivity index is 1.71. The predicted octanol–water partition coefficient (Wildman–Crippen LogP) is 5.10. The molecule has 42 heavy (non-hydrogen) atoms.